The van der Waals surface area contributed by atoms with Gasteiger partial charge in [0.1, 0.15) is 11.5 Å². The first-order chi connectivity index (χ1) is 10.7. The molecular formula is C18H19NO3. The molecule has 0 spiro atoms. The molecule has 0 fully saturated rings. The molecule has 4 nitrogen and oxygen atoms in total. The van der Waals surface area contributed by atoms with Gasteiger partial charge in [0.25, 0.3) is 5.91 Å². The van der Waals surface area contributed by atoms with Crippen molar-refractivity contribution in [3.8, 4) is 11.5 Å². The second-order valence-corrected chi connectivity index (χ2v) is 5.37. The Morgan fingerprint density at radius 3 is 2.00 bits per heavy atom. The van der Waals surface area contributed by atoms with Crippen molar-refractivity contribution in [3.05, 3.63) is 59.2 Å². The lowest BCUT2D eigenvalue weighted by atomic mass is 10.1. The summed E-state index contributed by atoms with van der Waals surface area (Å²) in [6, 6.07) is 13.2. The van der Waals surface area contributed by atoms with Crippen LogP contribution in [-0.4, -0.2) is 26.2 Å². The summed E-state index contributed by atoms with van der Waals surface area (Å²) in [5.74, 6) is 1.66. The number of benzene rings is 2. The highest BCUT2D eigenvalue weighted by Crippen LogP contribution is 2.37. The summed E-state index contributed by atoms with van der Waals surface area (Å²) >= 11 is 0. The van der Waals surface area contributed by atoms with Crippen LogP contribution in [0.25, 0.3) is 0 Å². The Hall–Kier alpha value is -2.49. The Bertz CT molecular complexity index is 649. The minimum atomic E-state index is -0.0451. The third-order valence-electron chi connectivity index (χ3n) is 4.06. The standard InChI is InChI=1S/C18H19NO3/c1-21-16-8-9-17(22-2)15-11-13(10-14(15)16)19-18(20)12-6-4-3-5-7-12/h3-9,13H,10-11H2,1-2H3,(H,19,20). The number of ether oxygens (including phenoxy) is 2. The number of carbonyl (C=O) groups excluding carboxylic acids is 1. The van der Waals surface area contributed by atoms with E-state index in [0.717, 1.165) is 35.5 Å². The molecule has 0 heterocycles. The summed E-state index contributed by atoms with van der Waals surface area (Å²) in [7, 11) is 3.33. The van der Waals surface area contributed by atoms with Crippen LogP contribution in [0.4, 0.5) is 0 Å². The van der Waals surface area contributed by atoms with Crippen LogP contribution in [0.15, 0.2) is 42.5 Å². The SMILES string of the molecule is COc1ccc(OC)c2c1CC(NC(=O)c1ccccc1)C2. The van der Waals surface area contributed by atoms with Crippen LogP contribution in [0.1, 0.15) is 21.5 Å². The van der Waals surface area contributed by atoms with Gasteiger partial charge in [-0.1, -0.05) is 18.2 Å². The molecule has 4 heteroatoms. The van der Waals surface area contributed by atoms with Crippen molar-refractivity contribution < 1.29 is 14.3 Å². The molecule has 1 amide bonds. The minimum Gasteiger partial charge on any atom is -0.496 e. The van der Waals surface area contributed by atoms with Gasteiger partial charge in [-0.25, -0.2) is 0 Å². The fourth-order valence-corrected chi connectivity index (χ4v) is 3.01. The van der Waals surface area contributed by atoms with Crippen molar-refractivity contribution in [2.45, 2.75) is 18.9 Å². The highest BCUT2D eigenvalue weighted by atomic mass is 16.5. The van der Waals surface area contributed by atoms with Crippen LogP contribution >= 0.6 is 0 Å². The van der Waals surface area contributed by atoms with E-state index in [0.29, 0.717) is 5.56 Å². The zero-order valence-electron chi connectivity index (χ0n) is 12.8. The number of rotatable bonds is 4. The Balaban J connectivity index is 1.78. The first kappa shape index (κ1) is 14.4. The van der Waals surface area contributed by atoms with Crippen LogP contribution in [0.2, 0.25) is 0 Å². The molecular weight excluding hydrogens is 278 g/mol. The highest BCUT2D eigenvalue weighted by Gasteiger charge is 2.28. The molecule has 114 valence electrons. The molecule has 0 saturated heterocycles. The molecule has 0 saturated carbocycles. The van der Waals surface area contributed by atoms with Gasteiger partial charge in [-0.15, -0.1) is 0 Å². The van der Waals surface area contributed by atoms with E-state index in [4.69, 9.17) is 9.47 Å². The first-order valence-corrected chi connectivity index (χ1v) is 7.31. The summed E-state index contributed by atoms with van der Waals surface area (Å²) in [5.41, 5.74) is 2.93. The fourth-order valence-electron chi connectivity index (χ4n) is 3.01. The maximum absolute atomic E-state index is 12.3. The quantitative estimate of drug-likeness (QED) is 0.943. The van der Waals surface area contributed by atoms with Gasteiger partial charge in [0, 0.05) is 22.7 Å². The van der Waals surface area contributed by atoms with Gasteiger partial charge in [0.15, 0.2) is 0 Å². The topological polar surface area (TPSA) is 47.6 Å². The average Bonchev–Trinajstić information content (AvgIpc) is 2.98. The largest absolute Gasteiger partial charge is 0.496 e. The lowest BCUT2D eigenvalue weighted by Crippen LogP contribution is -2.35. The summed E-state index contributed by atoms with van der Waals surface area (Å²) in [5, 5.41) is 3.09. The zero-order valence-corrected chi connectivity index (χ0v) is 12.8. The Morgan fingerprint density at radius 2 is 1.50 bits per heavy atom. The molecule has 3 rings (SSSR count). The van der Waals surface area contributed by atoms with Gasteiger partial charge < -0.3 is 14.8 Å². The van der Waals surface area contributed by atoms with E-state index in [1.54, 1.807) is 14.2 Å². The van der Waals surface area contributed by atoms with E-state index < -0.39 is 0 Å². The number of fused-ring (bicyclic) bond motifs is 1. The number of methoxy groups -OCH3 is 2. The lowest BCUT2D eigenvalue weighted by molar-refractivity contribution is 0.0938. The van der Waals surface area contributed by atoms with Crippen molar-refractivity contribution in [3.63, 3.8) is 0 Å². The molecule has 2 aromatic rings. The Morgan fingerprint density at radius 1 is 0.955 bits per heavy atom. The van der Waals surface area contributed by atoms with E-state index in [9.17, 15) is 4.79 Å². The van der Waals surface area contributed by atoms with Gasteiger partial charge in [-0.3, -0.25) is 4.79 Å². The molecule has 1 N–H and O–H groups in total. The molecule has 0 atom stereocenters. The van der Waals surface area contributed by atoms with Crippen LogP contribution in [0.5, 0.6) is 11.5 Å². The maximum atomic E-state index is 12.3. The summed E-state index contributed by atoms with van der Waals surface area (Å²) in [4.78, 5) is 12.3. The third kappa shape index (κ3) is 2.64. The van der Waals surface area contributed by atoms with Crippen molar-refractivity contribution >= 4 is 5.91 Å². The molecule has 1 aliphatic carbocycles. The van der Waals surface area contributed by atoms with Crippen LogP contribution in [0.3, 0.4) is 0 Å². The molecule has 0 bridgehead atoms. The zero-order chi connectivity index (χ0) is 15.5. The van der Waals surface area contributed by atoms with Crippen molar-refractivity contribution in [2.24, 2.45) is 0 Å². The van der Waals surface area contributed by atoms with E-state index in [1.807, 2.05) is 42.5 Å². The van der Waals surface area contributed by atoms with Gasteiger partial charge in [0.05, 0.1) is 14.2 Å². The number of hydrogen-bond donors (Lipinski definition) is 1. The van der Waals surface area contributed by atoms with Crippen LogP contribution in [0, 0.1) is 0 Å². The van der Waals surface area contributed by atoms with Crippen molar-refractivity contribution in [1.82, 2.24) is 5.32 Å². The summed E-state index contributed by atoms with van der Waals surface area (Å²) in [6.07, 6.45) is 1.52. The van der Waals surface area contributed by atoms with Gasteiger partial charge >= 0.3 is 0 Å². The lowest BCUT2D eigenvalue weighted by Gasteiger charge is -2.12. The van der Waals surface area contributed by atoms with Crippen molar-refractivity contribution in [2.75, 3.05) is 14.2 Å². The predicted molar refractivity (Wildman–Crippen MR) is 84.7 cm³/mol. The van der Waals surface area contributed by atoms with E-state index in [1.165, 1.54) is 0 Å². The number of carbonyl (C=O) groups is 1. The molecule has 1 aliphatic rings. The monoisotopic (exact) mass is 297 g/mol. The Kier molecular flexibility index (Phi) is 4.00. The molecule has 0 aliphatic heterocycles. The average molecular weight is 297 g/mol. The van der Waals surface area contributed by atoms with Crippen molar-refractivity contribution in [1.29, 1.82) is 0 Å². The second-order valence-electron chi connectivity index (χ2n) is 5.37. The second kappa shape index (κ2) is 6.10. The fraction of sp³-hybridized carbons (Fsp3) is 0.278. The maximum Gasteiger partial charge on any atom is 0.251 e. The summed E-state index contributed by atoms with van der Waals surface area (Å²) in [6.45, 7) is 0. The van der Waals surface area contributed by atoms with E-state index >= 15 is 0 Å². The molecule has 22 heavy (non-hydrogen) atoms. The van der Waals surface area contributed by atoms with Gasteiger partial charge in [-0.05, 0) is 37.1 Å². The number of amides is 1. The number of hydrogen-bond acceptors (Lipinski definition) is 3. The Labute approximate surface area is 130 Å². The predicted octanol–water partition coefficient (Wildman–Crippen LogP) is 2.60. The smallest absolute Gasteiger partial charge is 0.251 e. The highest BCUT2D eigenvalue weighted by molar-refractivity contribution is 5.94. The van der Waals surface area contributed by atoms with E-state index in [2.05, 4.69) is 5.32 Å². The molecule has 2 aromatic carbocycles. The van der Waals surface area contributed by atoms with E-state index in [-0.39, 0.29) is 11.9 Å². The van der Waals surface area contributed by atoms with Gasteiger partial charge in [-0.2, -0.15) is 0 Å². The minimum absolute atomic E-state index is 0.0451. The molecule has 0 radical (unpaired) electrons. The molecule has 0 aromatic heterocycles. The van der Waals surface area contributed by atoms with Crippen LogP contribution in [-0.2, 0) is 12.8 Å². The van der Waals surface area contributed by atoms with Gasteiger partial charge in [0.2, 0.25) is 0 Å². The normalized spacial score (nSPS) is 13.5. The number of nitrogens with one attached hydrogen (secondary N) is 1. The third-order valence-corrected chi connectivity index (χ3v) is 4.06. The summed E-state index contributed by atoms with van der Waals surface area (Å²) < 4.78 is 10.9. The first-order valence-electron chi connectivity index (χ1n) is 7.31. The molecule has 0 unspecified atom stereocenters. The van der Waals surface area contributed by atoms with Crippen LogP contribution < -0.4 is 14.8 Å².